The molecule has 6 N–H and O–H groups in total. The first-order valence-electron chi connectivity index (χ1n) is 9.21. The predicted octanol–water partition coefficient (Wildman–Crippen LogP) is 0.386. The molecule has 0 aliphatic carbocycles. The van der Waals surface area contributed by atoms with Crippen LogP contribution >= 0.6 is 0 Å². The normalized spacial score (nSPS) is 26.7. The molecule has 9 heteroatoms. The van der Waals surface area contributed by atoms with Crippen LogP contribution in [0.25, 0.3) is 22.3 Å². The minimum atomic E-state index is -1.66. The van der Waals surface area contributed by atoms with Crippen molar-refractivity contribution in [3.63, 3.8) is 0 Å². The number of benzene rings is 2. The second kappa shape index (κ2) is 7.71. The molecule has 0 unspecified atom stereocenters. The van der Waals surface area contributed by atoms with Crippen molar-refractivity contribution in [3.05, 3.63) is 58.3 Å². The van der Waals surface area contributed by atoms with Gasteiger partial charge >= 0.3 is 0 Å². The Kier molecular flexibility index (Phi) is 5.22. The minimum Gasteiger partial charge on any atom is -0.508 e. The lowest BCUT2D eigenvalue weighted by atomic mass is 9.90. The van der Waals surface area contributed by atoms with Gasteiger partial charge in [0.25, 0.3) is 0 Å². The van der Waals surface area contributed by atoms with Crippen LogP contribution in [0.3, 0.4) is 0 Å². The van der Waals surface area contributed by atoms with Crippen LogP contribution in [0.2, 0.25) is 0 Å². The summed E-state index contributed by atoms with van der Waals surface area (Å²) in [7, 11) is 0. The van der Waals surface area contributed by atoms with Crippen LogP contribution in [0, 0.1) is 0 Å². The number of aromatic hydroxyl groups is 2. The van der Waals surface area contributed by atoms with E-state index in [-0.39, 0.29) is 33.8 Å². The van der Waals surface area contributed by atoms with Gasteiger partial charge in [-0.05, 0) is 36.4 Å². The van der Waals surface area contributed by atoms with E-state index in [1.165, 1.54) is 42.5 Å². The van der Waals surface area contributed by atoms with E-state index in [4.69, 9.17) is 9.15 Å². The summed E-state index contributed by atoms with van der Waals surface area (Å²) in [6.45, 7) is -0.643. The van der Waals surface area contributed by atoms with Crippen LogP contribution in [0.4, 0.5) is 0 Å². The van der Waals surface area contributed by atoms with Crippen LogP contribution in [0.15, 0.2) is 51.7 Å². The molecule has 0 radical (unpaired) electrons. The van der Waals surface area contributed by atoms with Gasteiger partial charge in [0.2, 0.25) is 0 Å². The molecule has 0 bridgehead atoms. The standard InChI is InChI=1S/C21H20O9/c22-8-15-17(26)18(27)19(28)21(30-15)16-12(24)6-5-11-13(25)7-14(29-20(11)16)9-1-3-10(23)4-2-9/h1-7,15,17-19,21-24,26-28H,8H2/t15-,17-,18+,19-,21-/m1/s1. The second-order valence-electron chi connectivity index (χ2n) is 7.15. The van der Waals surface area contributed by atoms with Crippen molar-refractivity contribution < 1.29 is 39.8 Å². The molecular formula is C21H20O9. The molecule has 2 heterocycles. The molecule has 1 saturated heterocycles. The Morgan fingerprint density at radius 3 is 2.27 bits per heavy atom. The third-order valence-electron chi connectivity index (χ3n) is 5.24. The Morgan fingerprint density at radius 2 is 1.60 bits per heavy atom. The van der Waals surface area contributed by atoms with E-state index in [1.54, 1.807) is 0 Å². The van der Waals surface area contributed by atoms with Crippen molar-refractivity contribution in [2.45, 2.75) is 30.5 Å². The summed E-state index contributed by atoms with van der Waals surface area (Å²) < 4.78 is 11.4. The maximum atomic E-state index is 12.7. The first kappa shape index (κ1) is 20.3. The van der Waals surface area contributed by atoms with Crippen molar-refractivity contribution in [1.82, 2.24) is 0 Å². The summed E-state index contributed by atoms with van der Waals surface area (Å²) in [5, 5.41) is 60.1. The Balaban J connectivity index is 1.92. The number of aliphatic hydroxyl groups excluding tert-OH is 4. The molecule has 3 aromatic rings. The summed E-state index contributed by atoms with van der Waals surface area (Å²) in [6.07, 6.45) is -7.49. The molecule has 0 spiro atoms. The topological polar surface area (TPSA) is 161 Å². The monoisotopic (exact) mass is 416 g/mol. The molecule has 2 aromatic carbocycles. The Labute approximate surface area is 169 Å². The molecule has 5 atom stereocenters. The quantitative estimate of drug-likeness (QED) is 0.355. The van der Waals surface area contributed by atoms with Crippen molar-refractivity contribution in [2.24, 2.45) is 0 Å². The lowest BCUT2D eigenvalue weighted by molar-refractivity contribution is -0.231. The van der Waals surface area contributed by atoms with Gasteiger partial charge in [-0.2, -0.15) is 0 Å². The molecule has 0 saturated carbocycles. The van der Waals surface area contributed by atoms with E-state index in [1.807, 2.05) is 0 Å². The maximum absolute atomic E-state index is 12.7. The van der Waals surface area contributed by atoms with Crippen molar-refractivity contribution in [2.75, 3.05) is 6.61 Å². The predicted molar refractivity (Wildman–Crippen MR) is 104 cm³/mol. The molecule has 1 aliphatic heterocycles. The van der Waals surface area contributed by atoms with Gasteiger partial charge in [0.15, 0.2) is 5.43 Å². The fourth-order valence-electron chi connectivity index (χ4n) is 3.61. The van der Waals surface area contributed by atoms with Crippen molar-refractivity contribution >= 4 is 11.0 Å². The van der Waals surface area contributed by atoms with Gasteiger partial charge in [0.1, 0.15) is 53.4 Å². The zero-order chi connectivity index (χ0) is 21.6. The fourth-order valence-corrected chi connectivity index (χ4v) is 3.61. The van der Waals surface area contributed by atoms with E-state index >= 15 is 0 Å². The van der Waals surface area contributed by atoms with Crippen LogP contribution < -0.4 is 5.43 Å². The molecule has 1 fully saturated rings. The molecule has 158 valence electrons. The van der Waals surface area contributed by atoms with E-state index in [0.717, 1.165) is 0 Å². The van der Waals surface area contributed by atoms with Gasteiger partial charge in [0, 0.05) is 11.6 Å². The molecule has 0 amide bonds. The van der Waals surface area contributed by atoms with Gasteiger partial charge in [-0.1, -0.05) is 0 Å². The van der Waals surface area contributed by atoms with E-state index in [2.05, 4.69) is 0 Å². The van der Waals surface area contributed by atoms with Crippen LogP contribution in [-0.4, -0.2) is 61.7 Å². The van der Waals surface area contributed by atoms with Crippen LogP contribution in [0.1, 0.15) is 11.7 Å². The van der Waals surface area contributed by atoms with E-state index in [0.29, 0.717) is 5.56 Å². The number of fused-ring (bicyclic) bond motifs is 1. The van der Waals surface area contributed by atoms with Gasteiger partial charge in [-0.25, -0.2) is 0 Å². The van der Waals surface area contributed by atoms with Crippen LogP contribution in [-0.2, 0) is 4.74 Å². The maximum Gasteiger partial charge on any atom is 0.193 e. The van der Waals surface area contributed by atoms with Crippen molar-refractivity contribution in [1.29, 1.82) is 0 Å². The highest BCUT2D eigenvalue weighted by Crippen LogP contribution is 2.41. The number of phenols is 2. The zero-order valence-electron chi connectivity index (χ0n) is 15.5. The molecule has 1 aromatic heterocycles. The Morgan fingerprint density at radius 1 is 0.900 bits per heavy atom. The highest BCUT2D eigenvalue weighted by atomic mass is 16.5. The lowest BCUT2D eigenvalue weighted by Gasteiger charge is -2.40. The summed E-state index contributed by atoms with van der Waals surface area (Å²) in [5.41, 5.74) is -0.114. The van der Waals surface area contributed by atoms with E-state index < -0.39 is 42.6 Å². The van der Waals surface area contributed by atoms with Gasteiger partial charge < -0.3 is 39.8 Å². The average molecular weight is 416 g/mol. The molecule has 4 rings (SSSR count). The minimum absolute atomic E-state index is 0.0292. The Hall–Kier alpha value is -2.95. The number of aliphatic hydroxyl groups is 4. The second-order valence-corrected chi connectivity index (χ2v) is 7.15. The third-order valence-corrected chi connectivity index (χ3v) is 5.24. The first-order chi connectivity index (χ1) is 14.3. The summed E-state index contributed by atoms with van der Waals surface area (Å²) >= 11 is 0. The van der Waals surface area contributed by atoms with Crippen LogP contribution in [0.5, 0.6) is 11.5 Å². The largest absolute Gasteiger partial charge is 0.508 e. The molecule has 30 heavy (non-hydrogen) atoms. The number of rotatable bonds is 3. The number of hydrogen-bond acceptors (Lipinski definition) is 9. The van der Waals surface area contributed by atoms with Crippen molar-refractivity contribution in [3.8, 4) is 22.8 Å². The lowest BCUT2D eigenvalue weighted by Crippen LogP contribution is -2.55. The summed E-state index contributed by atoms with van der Waals surface area (Å²) in [4.78, 5) is 12.7. The summed E-state index contributed by atoms with van der Waals surface area (Å²) in [6, 6.07) is 9.75. The third kappa shape index (κ3) is 3.32. The first-order valence-corrected chi connectivity index (χ1v) is 9.21. The number of phenolic OH excluding ortho intramolecular Hbond substituents is 2. The number of hydrogen-bond donors (Lipinski definition) is 6. The number of ether oxygens (including phenoxy) is 1. The molecule has 9 nitrogen and oxygen atoms in total. The Bertz CT molecular complexity index is 1120. The average Bonchev–Trinajstić information content (AvgIpc) is 2.73. The molecule has 1 aliphatic rings. The summed E-state index contributed by atoms with van der Waals surface area (Å²) in [5.74, 6) is -0.191. The van der Waals surface area contributed by atoms with Gasteiger partial charge in [0.05, 0.1) is 17.6 Å². The zero-order valence-corrected chi connectivity index (χ0v) is 15.5. The molecular weight excluding hydrogens is 396 g/mol. The smallest absolute Gasteiger partial charge is 0.193 e. The highest BCUT2D eigenvalue weighted by molar-refractivity contribution is 5.84. The fraction of sp³-hybridized carbons (Fsp3) is 0.286. The van der Waals surface area contributed by atoms with E-state index in [9.17, 15) is 35.4 Å². The van der Waals surface area contributed by atoms with Gasteiger partial charge in [-0.15, -0.1) is 0 Å². The highest BCUT2D eigenvalue weighted by Gasteiger charge is 2.45. The van der Waals surface area contributed by atoms with Gasteiger partial charge in [-0.3, -0.25) is 4.79 Å². The SMILES string of the molecule is O=c1cc(-c2ccc(O)cc2)oc2c([C@H]3O[C@H](CO)[C@@H](O)[C@H](O)[C@H]3O)c(O)ccc12.